The summed E-state index contributed by atoms with van der Waals surface area (Å²) in [5.74, 6) is 6.66. The zero-order valence-electron chi connectivity index (χ0n) is 20.5. The SMILES string of the molecule is COc1ccc(COCC#CC(=O)c2ccccc2CO[Si](C)(C)C(C)(C)C(C)C)cc1. The molecule has 0 aromatic heterocycles. The Morgan fingerprint density at radius 3 is 2.31 bits per heavy atom. The minimum absolute atomic E-state index is 0.118. The van der Waals surface area contributed by atoms with Crippen molar-refractivity contribution in [3.05, 3.63) is 65.2 Å². The first kappa shape index (κ1) is 25.9. The van der Waals surface area contributed by atoms with Gasteiger partial charge in [-0.3, -0.25) is 4.79 Å². The van der Waals surface area contributed by atoms with Gasteiger partial charge in [-0.25, -0.2) is 0 Å². The van der Waals surface area contributed by atoms with Crippen LogP contribution in [0.2, 0.25) is 18.1 Å². The van der Waals surface area contributed by atoms with E-state index in [1.807, 2.05) is 48.5 Å². The number of hydrogen-bond acceptors (Lipinski definition) is 4. The predicted octanol–water partition coefficient (Wildman–Crippen LogP) is 6.26. The van der Waals surface area contributed by atoms with Crippen LogP contribution in [-0.4, -0.2) is 27.8 Å². The van der Waals surface area contributed by atoms with Gasteiger partial charge in [0.05, 0.1) is 20.3 Å². The molecule has 5 heteroatoms. The van der Waals surface area contributed by atoms with Gasteiger partial charge in [-0.1, -0.05) is 63.9 Å². The summed E-state index contributed by atoms with van der Waals surface area (Å²) in [6.07, 6.45) is 0. The summed E-state index contributed by atoms with van der Waals surface area (Å²) < 4.78 is 17.2. The van der Waals surface area contributed by atoms with Crippen LogP contribution in [0, 0.1) is 17.8 Å². The lowest BCUT2D eigenvalue weighted by molar-refractivity contribution is 0.105. The summed E-state index contributed by atoms with van der Waals surface area (Å²) in [5.41, 5.74) is 2.51. The topological polar surface area (TPSA) is 44.8 Å². The lowest BCUT2D eigenvalue weighted by atomic mass is 9.99. The average molecular weight is 453 g/mol. The van der Waals surface area contributed by atoms with Crippen LogP contribution >= 0.6 is 0 Å². The van der Waals surface area contributed by atoms with Crippen LogP contribution < -0.4 is 4.74 Å². The van der Waals surface area contributed by atoms with E-state index in [2.05, 4.69) is 52.6 Å². The Hall–Kier alpha value is -2.39. The summed E-state index contributed by atoms with van der Waals surface area (Å²) in [5, 5.41) is 0.118. The molecule has 0 aliphatic rings. The van der Waals surface area contributed by atoms with E-state index in [9.17, 15) is 4.79 Å². The first-order chi connectivity index (χ1) is 15.1. The van der Waals surface area contributed by atoms with Gasteiger partial charge in [0.15, 0.2) is 8.32 Å². The van der Waals surface area contributed by atoms with E-state index in [1.54, 1.807) is 7.11 Å². The average Bonchev–Trinajstić information content (AvgIpc) is 2.77. The molecule has 32 heavy (non-hydrogen) atoms. The minimum Gasteiger partial charge on any atom is -0.497 e. The Morgan fingerprint density at radius 1 is 1.03 bits per heavy atom. The summed E-state index contributed by atoms with van der Waals surface area (Å²) in [6, 6.07) is 15.2. The predicted molar refractivity (Wildman–Crippen MR) is 132 cm³/mol. The number of hydrogen-bond donors (Lipinski definition) is 0. The number of carbonyl (C=O) groups is 1. The summed E-state index contributed by atoms with van der Waals surface area (Å²) >= 11 is 0. The fourth-order valence-electron chi connectivity index (χ4n) is 3.13. The van der Waals surface area contributed by atoms with Crippen LogP contribution in [-0.2, 0) is 22.4 Å². The molecule has 0 unspecified atom stereocenters. The fourth-order valence-corrected chi connectivity index (χ4v) is 5.41. The molecular weight excluding hydrogens is 416 g/mol. The van der Waals surface area contributed by atoms with Crippen molar-refractivity contribution in [2.45, 2.75) is 59.0 Å². The Balaban J connectivity index is 1.96. The van der Waals surface area contributed by atoms with E-state index in [0.29, 0.717) is 24.7 Å². The number of benzene rings is 2. The molecule has 0 heterocycles. The van der Waals surface area contributed by atoms with Crippen LogP contribution in [0.3, 0.4) is 0 Å². The van der Waals surface area contributed by atoms with Gasteiger partial charge in [0, 0.05) is 5.56 Å². The number of carbonyl (C=O) groups excluding carboxylic acids is 1. The highest BCUT2D eigenvalue weighted by atomic mass is 28.4. The Kier molecular flexibility index (Phi) is 9.27. The first-order valence-corrected chi connectivity index (χ1v) is 13.9. The molecule has 0 amide bonds. The smallest absolute Gasteiger partial charge is 0.236 e. The van der Waals surface area contributed by atoms with Crippen LogP contribution in [0.15, 0.2) is 48.5 Å². The molecule has 0 aliphatic heterocycles. The number of rotatable bonds is 10. The Labute approximate surface area is 194 Å². The van der Waals surface area contributed by atoms with Crippen molar-refractivity contribution in [1.82, 2.24) is 0 Å². The molecule has 2 rings (SSSR count). The lowest BCUT2D eigenvalue weighted by Crippen LogP contribution is -2.45. The molecule has 0 saturated heterocycles. The maximum atomic E-state index is 12.7. The van der Waals surface area contributed by atoms with Gasteiger partial charge in [0.25, 0.3) is 0 Å². The molecule has 0 fully saturated rings. The van der Waals surface area contributed by atoms with Crippen molar-refractivity contribution in [2.75, 3.05) is 13.7 Å². The highest BCUT2D eigenvalue weighted by Gasteiger charge is 2.43. The highest BCUT2D eigenvalue weighted by Crippen LogP contribution is 2.44. The Morgan fingerprint density at radius 2 is 1.69 bits per heavy atom. The molecule has 0 saturated carbocycles. The van der Waals surface area contributed by atoms with Gasteiger partial charge in [0.2, 0.25) is 5.78 Å². The van der Waals surface area contributed by atoms with E-state index in [1.165, 1.54) is 0 Å². The summed E-state index contributed by atoms with van der Waals surface area (Å²) in [4.78, 5) is 12.7. The summed E-state index contributed by atoms with van der Waals surface area (Å²) in [7, 11) is -0.348. The van der Waals surface area contributed by atoms with Crippen LogP contribution in [0.1, 0.15) is 49.2 Å². The third kappa shape index (κ3) is 6.80. The maximum absolute atomic E-state index is 12.7. The van der Waals surface area contributed by atoms with Crippen LogP contribution in [0.25, 0.3) is 0 Å². The standard InChI is InChI=1S/C27H36O4Si/c1-21(2)27(3,4)32(6,7)31-20-23-11-8-9-12-25(23)26(28)13-10-18-30-19-22-14-16-24(29-5)17-15-22/h8-9,11-12,14-17,21H,18-20H2,1-7H3. The molecule has 0 spiro atoms. The number of ketones is 1. The third-order valence-corrected chi connectivity index (χ3v) is 11.2. The zero-order chi connectivity index (χ0) is 23.8. The summed E-state index contributed by atoms with van der Waals surface area (Å²) in [6.45, 7) is 14.6. The quantitative estimate of drug-likeness (QED) is 0.140. The van der Waals surface area contributed by atoms with Gasteiger partial charge in [-0.2, -0.15) is 0 Å². The molecule has 2 aromatic rings. The zero-order valence-corrected chi connectivity index (χ0v) is 21.5. The normalized spacial score (nSPS) is 11.8. The number of ether oxygens (including phenoxy) is 2. The molecule has 172 valence electrons. The van der Waals surface area contributed by atoms with Crippen molar-refractivity contribution >= 4 is 14.1 Å². The van der Waals surface area contributed by atoms with E-state index < -0.39 is 8.32 Å². The second-order valence-corrected chi connectivity index (χ2v) is 13.9. The molecule has 0 aliphatic carbocycles. The fraction of sp³-hybridized carbons (Fsp3) is 0.444. The molecule has 0 N–H and O–H groups in total. The van der Waals surface area contributed by atoms with Crippen molar-refractivity contribution in [2.24, 2.45) is 5.92 Å². The molecule has 0 atom stereocenters. The second kappa shape index (κ2) is 11.5. The second-order valence-electron chi connectivity index (χ2n) is 9.30. The van der Waals surface area contributed by atoms with Gasteiger partial charge < -0.3 is 13.9 Å². The molecule has 0 bridgehead atoms. The molecular formula is C27H36O4Si. The first-order valence-electron chi connectivity index (χ1n) is 11.0. The van der Waals surface area contributed by atoms with E-state index in [0.717, 1.165) is 16.9 Å². The van der Waals surface area contributed by atoms with E-state index >= 15 is 0 Å². The van der Waals surface area contributed by atoms with Gasteiger partial charge in [0.1, 0.15) is 12.4 Å². The van der Waals surface area contributed by atoms with Crippen molar-refractivity contribution in [1.29, 1.82) is 0 Å². The van der Waals surface area contributed by atoms with E-state index in [-0.39, 0.29) is 17.4 Å². The van der Waals surface area contributed by atoms with Crippen molar-refractivity contribution < 1.29 is 18.7 Å². The lowest BCUT2D eigenvalue weighted by Gasteiger charge is -2.42. The number of Topliss-reactive ketones (excluding diaryl/α,β-unsaturated/α-hetero) is 1. The largest absolute Gasteiger partial charge is 0.497 e. The monoisotopic (exact) mass is 452 g/mol. The van der Waals surface area contributed by atoms with Gasteiger partial charge in [-0.15, -0.1) is 0 Å². The Bertz CT molecular complexity index is 950. The highest BCUT2D eigenvalue weighted by molar-refractivity contribution is 6.74. The van der Waals surface area contributed by atoms with Gasteiger partial charge >= 0.3 is 0 Å². The molecule has 0 radical (unpaired) electrons. The van der Waals surface area contributed by atoms with Crippen LogP contribution in [0.4, 0.5) is 0 Å². The van der Waals surface area contributed by atoms with Crippen molar-refractivity contribution in [3.8, 4) is 17.6 Å². The maximum Gasteiger partial charge on any atom is 0.236 e. The van der Waals surface area contributed by atoms with Crippen molar-refractivity contribution in [3.63, 3.8) is 0 Å². The van der Waals surface area contributed by atoms with Crippen LogP contribution in [0.5, 0.6) is 5.75 Å². The van der Waals surface area contributed by atoms with E-state index in [4.69, 9.17) is 13.9 Å². The van der Waals surface area contributed by atoms with Gasteiger partial charge in [-0.05, 0) is 59.3 Å². The molecule has 4 nitrogen and oxygen atoms in total. The minimum atomic E-state index is -1.98. The molecule has 2 aromatic carbocycles. The third-order valence-electron chi connectivity index (χ3n) is 6.65. The number of methoxy groups -OCH3 is 1.